The van der Waals surface area contributed by atoms with Crippen molar-refractivity contribution in [3.63, 3.8) is 0 Å². The number of hydrogen-bond donors (Lipinski definition) is 2. The van der Waals surface area contributed by atoms with Gasteiger partial charge in [-0.15, -0.1) is 0 Å². The van der Waals surface area contributed by atoms with Crippen LogP contribution in [0, 0.1) is 0 Å². The highest BCUT2D eigenvalue weighted by Crippen LogP contribution is 2.36. The van der Waals surface area contributed by atoms with Gasteiger partial charge in [0.05, 0.1) is 32.1 Å². The molecule has 0 saturated carbocycles. The fourth-order valence-corrected chi connectivity index (χ4v) is 5.28. The SMILES string of the molecule is CN(CCN1CCOCC1)c1ccc(NC(=O)N2CCc3c(-c4cnc(N)nc4)nc(N4CCOCC4)nc32)cc1. The highest BCUT2D eigenvalue weighted by Gasteiger charge is 2.32. The number of hydrogen-bond acceptors (Lipinski definition) is 11. The number of nitrogens with two attached hydrogens (primary N) is 1. The van der Waals surface area contributed by atoms with Crippen LogP contribution in [0.5, 0.6) is 0 Å². The van der Waals surface area contributed by atoms with Crippen LogP contribution in [0.2, 0.25) is 0 Å². The first kappa shape index (κ1) is 27.1. The summed E-state index contributed by atoms with van der Waals surface area (Å²) in [6, 6.07) is 7.70. The van der Waals surface area contributed by atoms with Crippen molar-refractivity contribution in [2.24, 2.45) is 0 Å². The maximum atomic E-state index is 13.5. The van der Waals surface area contributed by atoms with Gasteiger partial charge in [-0.1, -0.05) is 0 Å². The van der Waals surface area contributed by atoms with E-state index in [-0.39, 0.29) is 12.0 Å². The fraction of sp³-hybridized carbons (Fsp3) is 0.464. The number of aromatic nitrogens is 4. The molecular formula is C28H36N10O3. The molecule has 3 N–H and O–H groups in total. The molecule has 0 unspecified atom stereocenters. The topological polar surface area (TPSA) is 138 Å². The van der Waals surface area contributed by atoms with Crippen molar-refractivity contribution in [2.75, 3.05) is 105 Å². The first-order valence-corrected chi connectivity index (χ1v) is 14.1. The maximum Gasteiger partial charge on any atom is 0.327 e. The molecule has 6 rings (SSSR count). The number of nitrogen functional groups attached to an aromatic ring is 1. The Morgan fingerprint density at radius 3 is 2.37 bits per heavy atom. The van der Waals surface area contributed by atoms with Gasteiger partial charge in [0, 0.05) is 87.8 Å². The third-order valence-electron chi connectivity index (χ3n) is 7.71. The lowest BCUT2D eigenvalue weighted by Gasteiger charge is -2.29. The van der Waals surface area contributed by atoms with Crippen LogP contribution in [-0.2, 0) is 15.9 Å². The molecule has 13 heteroatoms. The number of rotatable bonds is 7. The normalized spacial score (nSPS) is 17.4. The molecule has 0 radical (unpaired) electrons. The molecule has 216 valence electrons. The molecule has 0 atom stereocenters. The molecule has 2 aromatic heterocycles. The van der Waals surface area contributed by atoms with Gasteiger partial charge in [-0.25, -0.2) is 19.7 Å². The summed E-state index contributed by atoms with van der Waals surface area (Å²) in [5.74, 6) is 1.36. The number of nitrogens with one attached hydrogen (secondary N) is 1. The minimum atomic E-state index is -0.233. The van der Waals surface area contributed by atoms with Gasteiger partial charge in [0.1, 0.15) is 5.82 Å². The van der Waals surface area contributed by atoms with Crippen LogP contribution in [0.4, 0.5) is 33.9 Å². The number of likely N-dealkylation sites (N-methyl/N-ethyl adjacent to an activating group) is 1. The predicted octanol–water partition coefficient (Wildman–Crippen LogP) is 1.72. The summed E-state index contributed by atoms with van der Waals surface area (Å²) < 4.78 is 11.0. The van der Waals surface area contributed by atoms with Crippen LogP contribution in [0.15, 0.2) is 36.7 Å². The summed E-state index contributed by atoms with van der Waals surface area (Å²) in [6.45, 7) is 8.52. The second-order valence-corrected chi connectivity index (χ2v) is 10.4. The number of nitrogens with zero attached hydrogens (tertiary/aromatic N) is 8. The van der Waals surface area contributed by atoms with Gasteiger partial charge < -0.3 is 30.3 Å². The zero-order chi connectivity index (χ0) is 28.2. The lowest BCUT2D eigenvalue weighted by atomic mass is 10.1. The number of fused-ring (bicyclic) bond motifs is 1. The highest BCUT2D eigenvalue weighted by molar-refractivity contribution is 6.03. The highest BCUT2D eigenvalue weighted by atomic mass is 16.5. The first-order chi connectivity index (χ1) is 20.0. The quantitative estimate of drug-likeness (QED) is 0.437. The van der Waals surface area contributed by atoms with Crippen molar-refractivity contribution in [2.45, 2.75) is 6.42 Å². The second-order valence-electron chi connectivity index (χ2n) is 10.4. The lowest BCUT2D eigenvalue weighted by Crippen LogP contribution is -2.40. The Morgan fingerprint density at radius 1 is 0.976 bits per heavy atom. The third-order valence-corrected chi connectivity index (χ3v) is 7.71. The van der Waals surface area contributed by atoms with Crippen LogP contribution in [0.3, 0.4) is 0 Å². The molecule has 5 heterocycles. The van der Waals surface area contributed by atoms with Crippen molar-refractivity contribution in [1.82, 2.24) is 24.8 Å². The van der Waals surface area contributed by atoms with Crippen molar-refractivity contribution in [3.8, 4) is 11.3 Å². The number of anilines is 5. The number of benzene rings is 1. The minimum Gasteiger partial charge on any atom is -0.379 e. The molecule has 13 nitrogen and oxygen atoms in total. The van der Waals surface area contributed by atoms with E-state index in [1.807, 2.05) is 24.3 Å². The fourth-order valence-electron chi connectivity index (χ4n) is 5.28. The Kier molecular flexibility index (Phi) is 8.07. The van der Waals surface area contributed by atoms with Crippen molar-refractivity contribution >= 4 is 35.1 Å². The average molecular weight is 561 g/mol. The number of urea groups is 1. The maximum absolute atomic E-state index is 13.5. The van der Waals surface area contributed by atoms with E-state index in [1.165, 1.54) is 0 Å². The molecule has 0 aliphatic carbocycles. The largest absolute Gasteiger partial charge is 0.379 e. The molecule has 0 spiro atoms. The molecule has 41 heavy (non-hydrogen) atoms. The van der Waals surface area contributed by atoms with Crippen LogP contribution >= 0.6 is 0 Å². The number of morpholine rings is 2. The van der Waals surface area contributed by atoms with Gasteiger partial charge in [0.2, 0.25) is 11.9 Å². The second kappa shape index (κ2) is 12.2. The zero-order valence-electron chi connectivity index (χ0n) is 23.3. The number of amides is 2. The van der Waals surface area contributed by atoms with E-state index in [1.54, 1.807) is 17.3 Å². The third kappa shape index (κ3) is 6.16. The molecular weight excluding hydrogens is 524 g/mol. The smallest absolute Gasteiger partial charge is 0.327 e. The average Bonchev–Trinajstić information content (AvgIpc) is 3.45. The van der Waals surface area contributed by atoms with Crippen LogP contribution in [0.25, 0.3) is 11.3 Å². The van der Waals surface area contributed by atoms with Crippen molar-refractivity contribution in [3.05, 3.63) is 42.2 Å². The summed E-state index contributed by atoms with van der Waals surface area (Å²) in [6.07, 6.45) is 3.95. The van der Waals surface area contributed by atoms with E-state index < -0.39 is 0 Å². The zero-order valence-corrected chi connectivity index (χ0v) is 23.3. The van der Waals surface area contributed by atoms with Crippen molar-refractivity contribution in [1.29, 1.82) is 0 Å². The number of carbonyl (C=O) groups is 1. The summed E-state index contributed by atoms with van der Waals surface area (Å²) in [4.78, 5) is 40.0. The Bertz CT molecular complexity index is 1340. The summed E-state index contributed by atoms with van der Waals surface area (Å²) in [7, 11) is 2.09. The molecule has 3 aliphatic heterocycles. The predicted molar refractivity (Wildman–Crippen MR) is 158 cm³/mol. The van der Waals surface area contributed by atoms with Gasteiger partial charge in [-0.2, -0.15) is 4.98 Å². The van der Waals surface area contributed by atoms with Gasteiger partial charge in [0.15, 0.2) is 0 Å². The minimum absolute atomic E-state index is 0.197. The number of ether oxygens (including phenoxy) is 2. The van der Waals surface area contributed by atoms with Crippen LogP contribution in [-0.4, -0.2) is 110 Å². The summed E-state index contributed by atoms with van der Waals surface area (Å²) in [5.41, 5.74) is 9.90. The van der Waals surface area contributed by atoms with Gasteiger partial charge in [-0.05, 0) is 30.7 Å². The van der Waals surface area contributed by atoms with Gasteiger partial charge in [-0.3, -0.25) is 9.80 Å². The van der Waals surface area contributed by atoms with Gasteiger partial charge >= 0.3 is 6.03 Å². The van der Waals surface area contributed by atoms with Crippen molar-refractivity contribution < 1.29 is 14.3 Å². The van der Waals surface area contributed by atoms with E-state index in [4.69, 9.17) is 25.2 Å². The molecule has 3 aromatic rings. The molecule has 0 bridgehead atoms. The van der Waals surface area contributed by atoms with E-state index in [2.05, 4.69) is 37.0 Å². The monoisotopic (exact) mass is 560 g/mol. The van der Waals surface area contributed by atoms with E-state index in [0.29, 0.717) is 51.0 Å². The Morgan fingerprint density at radius 2 is 1.66 bits per heavy atom. The van der Waals surface area contributed by atoms with Gasteiger partial charge in [0.25, 0.3) is 0 Å². The first-order valence-electron chi connectivity index (χ1n) is 14.1. The van der Waals surface area contributed by atoms with E-state index in [9.17, 15) is 4.79 Å². The number of carbonyl (C=O) groups excluding carboxylic acids is 1. The van der Waals surface area contributed by atoms with Crippen LogP contribution in [0.1, 0.15) is 5.56 Å². The Hall–Kier alpha value is -4.07. The molecule has 1 aromatic carbocycles. The summed E-state index contributed by atoms with van der Waals surface area (Å²) in [5, 5.41) is 3.05. The molecule has 2 fully saturated rings. The molecule has 2 saturated heterocycles. The Balaban J connectivity index is 1.17. The Labute approximate surface area is 239 Å². The standard InChI is InChI=1S/C28H36N10O3/c1-35(8-9-36-10-14-40-15-11-36)22-4-2-21(3-5-22)32-28(39)38-7-6-23-24(20-18-30-26(29)31-19-20)33-27(34-25(23)38)37-12-16-41-17-13-37/h2-5,18-19H,6-17H2,1H3,(H,32,39)(H2,29,30,31). The van der Waals surface area contributed by atoms with E-state index >= 15 is 0 Å². The summed E-state index contributed by atoms with van der Waals surface area (Å²) >= 11 is 0. The van der Waals surface area contributed by atoms with Crippen LogP contribution < -0.4 is 25.8 Å². The molecule has 2 amide bonds. The van der Waals surface area contributed by atoms with E-state index in [0.717, 1.165) is 67.6 Å². The lowest BCUT2D eigenvalue weighted by molar-refractivity contribution is 0.0393. The molecule has 3 aliphatic rings.